The van der Waals surface area contributed by atoms with Crippen molar-refractivity contribution in [3.63, 3.8) is 0 Å². The van der Waals surface area contributed by atoms with Gasteiger partial charge in [0.25, 0.3) is 0 Å². The van der Waals surface area contributed by atoms with E-state index < -0.39 is 0 Å². The number of β-amino-alcohol motifs (C(OH)–C–C–N with tert-alkyl or cyclic N) is 1. The molecule has 1 saturated heterocycles. The molecule has 7 heteroatoms. The van der Waals surface area contributed by atoms with Gasteiger partial charge in [-0.15, -0.1) is 0 Å². The topological polar surface area (TPSA) is 52.6 Å². The Hall–Kier alpha value is 0.0500. The van der Waals surface area contributed by atoms with Crippen LogP contribution < -0.4 is 5.32 Å². The molecule has 2 atom stereocenters. The van der Waals surface area contributed by atoms with Gasteiger partial charge in [0.15, 0.2) is 0 Å². The zero-order valence-corrected chi connectivity index (χ0v) is 16.3. The minimum atomic E-state index is -0.349. The number of piperidine rings is 1. The van der Waals surface area contributed by atoms with E-state index in [0.29, 0.717) is 24.7 Å². The number of nitrogens with one attached hydrogen (secondary N) is 1. The highest BCUT2D eigenvalue weighted by Crippen LogP contribution is 2.34. The highest BCUT2D eigenvalue weighted by Gasteiger charge is 2.25. The maximum atomic E-state index is 12.2. The van der Waals surface area contributed by atoms with E-state index in [-0.39, 0.29) is 12.0 Å². The minimum absolute atomic E-state index is 0.0829. The number of likely N-dealkylation sites (tertiary alicyclic amines) is 1. The fourth-order valence-corrected chi connectivity index (χ4v) is 4.76. The molecule has 1 aliphatic rings. The van der Waals surface area contributed by atoms with Gasteiger partial charge in [-0.05, 0) is 62.9 Å². The SMILES string of the molecule is CC1CCN(CC(=O)Nc2c(Br)cc(Br)cc2Br)CC1O. The molecule has 21 heavy (non-hydrogen) atoms. The molecule has 0 bridgehead atoms. The van der Waals surface area contributed by atoms with Crippen LogP contribution in [0.5, 0.6) is 0 Å². The Bertz CT molecular complexity index is 516. The molecular formula is C14H17Br3N2O2. The lowest BCUT2D eigenvalue weighted by Gasteiger charge is -2.33. The Kier molecular flexibility index (Phi) is 6.25. The first-order valence-corrected chi connectivity index (χ1v) is 9.09. The van der Waals surface area contributed by atoms with Crippen LogP contribution in [0.25, 0.3) is 0 Å². The summed E-state index contributed by atoms with van der Waals surface area (Å²) in [6.07, 6.45) is 0.567. The largest absolute Gasteiger partial charge is 0.392 e. The molecule has 0 radical (unpaired) electrons. The van der Waals surface area contributed by atoms with Crippen molar-refractivity contribution in [2.24, 2.45) is 5.92 Å². The zero-order valence-electron chi connectivity index (χ0n) is 11.6. The van der Waals surface area contributed by atoms with Crippen molar-refractivity contribution in [2.75, 3.05) is 25.0 Å². The van der Waals surface area contributed by atoms with Gasteiger partial charge in [-0.1, -0.05) is 22.9 Å². The lowest BCUT2D eigenvalue weighted by molar-refractivity contribution is -0.118. The first-order valence-electron chi connectivity index (χ1n) is 6.71. The van der Waals surface area contributed by atoms with Crippen LogP contribution in [0, 0.1) is 5.92 Å². The molecular weight excluding hydrogens is 468 g/mol. The van der Waals surface area contributed by atoms with Crippen molar-refractivity contribution in [3.8, 4) is 0 Å². The number of anilines is 1. The fraction of sp³-hybridized carbons (Fsp3) is 0.500. The molecule has 2 N–H and O–H groups in total. The van der Waals surface area contributed by atoms with E-state index in [1.165, 1.54) is 0 Å². The van der Waals surface area contributed by atoms with Crippen LogP contribution in [-0.4, -0.2) is 41.7 Å². The van der Waals surface area contributed by atoms with E-state index in [1.54, 1.807) is 0 Å². The van der Waals surface area contributed by atoms with E-state index in [1.807, 2.05) is 24.0 Å². The summed E-state index contributed by atoms with van der Waals surface area (Å²) in [6, 6.07) is 3.76. The van der Waals surface area contributed by atoms with Crippen LogP contribution in [0.1, 0.15) is 13.3 Å². The molecule has 1 aliphatic heterocycles. The number of amides is 1. The highest BCUT2D eigenvalue weighted by molar-refractivity contribution is 9.11. The highest BCUT2D eigenvalue weighted by atomic mass is 79.9. The van der Waals surface area contributed by atoms with Crippen molar-refractivity contribution in [3.05, 3.63) is 25.6 Å². The van der Waals surface area contributed by atoms with Crippen LogP contribution in [0.2, 0.25) is 0 Å². The molecule has 2 rings (SSSR count). The summed E-state index contributed by atoms with van der Waals surface area (Å²) in [5.41, 5.74) is 0.717. The summed E-state index contributed by atoms with van der Waals surface area (Å²) in [4.78, 5) is 14.2. The number of benzene rings is 1. The van der Waals surface area contributed by atoms with Crippen molar-refractivity contribution < 1.29 is 9.90 Å². The molecule has 0 aliphatic carbocycles. The van der Waals surface area contributed by atoms with Crippen molar-refractivity contribution in [1.29, 1.82) is 0 Å². The number of hydrogen-bond donors (Lipinski definition) is 2. The smallest absolute Gasteiger partial charge is 0.238 e. The Morgan fingerprint density at radius 3 is 2.57 bits per heavy atom. The van der Waals surface area contributed by atoms with E-state index >= 15 is 0 Å². The van der Waals surface area contributed by atoms with E-state index in [2.05, 4.69) is 53.1 Å². The maximum absolute atomic E-state index is 12.2. The van der Waals surface area contributed by atoms with Gasteiger partial charge in [0.05, 0.1) is 18.3 Å². The monoisotopic (exact) mass is 482 g/mol. The summed E-state index contributed by atoms with van der Waals surface area (Å²) in [7, 11) is 0. The number of halogens is 3. The van der Waals surface area contributed by atoms with E-state index in [9.17, 15) is 9.90 Å². The Labute approximate surface area is 149 Å². The second-order valence-corrected chi connectivity index (χ2v) is 7.99. The second kappa shape index (κ2) is 7.55. The maximum Gasteiger partial charge on any atom is 0.238 e. The molecule has 1 fully saturated rings. The number of aliphatic hydroxyl groups is 1. The average molecular weight is 485 g/mol. The number of rotatable bonds is 3. The third-order valence-corrected chi connectivity index (χ3v) is 5.35. The van der Waals surface area contributed by atoms with Crippen LogP contribution in [0.4, 0.5) is 5.69 Å². The molecule has 0 spiro atoms. The summed E-state index contributed by atoms with van der Waals surface area (Å²) in [6.45, 7) is 3.72. The molecule has 0 saturated carbocycles. The standard InChI is InChI=1S/C14H17Br3N2O2/c1-8-2-3-19(6-12(8)20)7-13(21)18-14-10(16)4-9(15)5-11(14)17/h4-5,8,12,20H,2-3,6-7H2,1H3,(H,18,21). The van der Waals surface area contributed by atoms with E-state index in [0.717, 1.165) is 26.4 Å². The predicted molar refractivity (Wildman–Crippen MR) is 94.4 cm³/mol. The van der Waals surface area contributed by atoms with Gasteiger partial charge in [0, 0.05) is 20.0 Å². The summed E-state index contributed by atoms with van der Waals surface area (Å²) < 4.78 is 2.54. The quantitative estimate of drug-likeness (QED) is 0.689. The summed E-state index contributed by atoms with van der Waals surface area (Å²) in [5.74, 6) is 0.222. The molecule has 1 aromatic rings. The molecule has 1 aromatic carbocycles. The molecule has 1 heterocycles. The average Bonchev–Trinajstić information content (AvgIpc) is 2.38. The summed E-state index contributed by atoms with van der Waals surface area (Å²) >= 11 is 10.3. The van der Waals surface area contributed by atoms with Crippen molar-refractivity contribution in [1.82, 2.24) is 4.90 Å². The van der Waals surface area contributed by atoms with Crippen molar-refractivity contribution >= 4 is 59.4 Å². The number of carbonyl (C=O) groups is 1. The molecule has 4 nitrogen and oxygen atoms in total. The Morgan fingerprint density at radius 2 is 2.00 bits per heavy atom. The van der Waals surface area contributed by atoms with Crippen LogP contribution >= 0.6 is 47.8 Å². The van der Waals surface area contributed by atoms with Crippen LogP contribution in [-0.2, 0) is 4.79 Å². The third-order valence-electron chi connectivity index (χ3n) is 3.64. The minimum Gasteiger partial charge on any atom is -0.392 e. The van der Waals surface area contributed by atoms with E-state index in [4.69, 9.17) is 0 Å². The molecule has 2 unspecified atom stereocenters. The fourth-order valence-electron chi connectivity index (χ4n) is 2.30. The van der Waals surface area contributed by atoms with Gasteiger partial charge in [-0.25, -0.2) is 0 Å². The first kappa shape index (κ1) is 17.4. The molecule has 1 amide bonds. The zero-order chi connectivity index (χ0) is 15.6. The Balaban J connectivity index is 1.96. The second-order valence-electron chi connectivity index (χ2n) is 5.36. The predicted octanol–water partition coefficient (Wildman–Crippen LogP) is 3.62. The molecule has 0 aromatic heterocycles. The van der Waals surface area contributed by atoms with Crippen LogP contribution in [0.15, 0.2) is 25.6 Å². The van der Waals surface area contributed by atoms with Gasteiger partial charge >= 0.3 is 0 Å². The number of carbonyl (C=O) groups excluding carboxylic acids is 1. The first-order chi connectivity index (χ1) is 9.86. The van der Waals surface area contributed by atoms with Gasteiger partial charge < -0.3 is 10.4 Å². The summed E-state index contributed by atoms with van der Waals surface area (Å²) in [5, 5.41) is 12.8. The third kappa shape index (κ3) is 4.76. The lowest BCUT2D eigenvalue weighted by atomic mass is 9.96. The number of aliphatic hydroxyl groups excluding tert-OH is 1. The number of hydrogen-bond acceptors (Lipinski definition) is 3. The lowest BCUT2D eigenvalue weighted by Crippen LogP contribution is -2.45. The molecule has 116 valence electrons. The van der Waals surface area contributed by atoms with Gasteiger partial charge in [0.2, 0.25) is 5.91 Å². The van der Waals surface area contributed by atoms with Gasteiger partial charge in [-0.3, -0.25) is 9.69 Å². The normalized spacial score (nSPS) is 23.1. The Morgan fingerprint density at radius 1 is 1.38 bits per heavy atom. The van der Waals surface area contributed by atoms with Crippen molar-refractivity contribution in [2.45, 2.75) is 19.4 Å². The van der Waals surface area contributed by atoms with Gasteiger partial charge in [0.1, 0.15) is 0 Å². The van der Waals surface area contributed by atoms with Gasteiger partial charge in [-0.2, -0.15) is 0 Å². The number of nitrogens with zero attached hydrogens (tertiary/aromatic N) is 1. The van der Waals surface area contributed by atoms with Crippen LogP contribution in [0.3, 0.4) is 0 Å².